The maximum absolute atomic E-state index is 12.6. The number of aromatic nitrogens is 1. The van der Waals surface area contributed by atoms with E-state index in [9.17, 15) is 9.59 Å². The van der Waals surface area contributed by atoms with Crippen molar-refractivity contribution in [1.29, 1.82) is 0 Å². The van der Waals surface area contributed by atoms with E-state index in [1.54, 1.807) is 12.1 Å². The van der Waals surface area contributed by atoms with Gasteiger partial charge in [-0.25, -0.2) is 0 Å². The minimum absolute atomic E-state index is 0.0554. The number of hydrogen-bond donors (Lipinski definition) is 2. The van der Waals surface area contributed by atoms with Crippen LogP contribution >= 0.6 is 0 Å². The van der Waals surface area contributed by atoms with Crippen molar-refractivity contribution in [2.75, 3.05) is 6.54 Å². The molecule has 0 aliphatic heterocycles. The number of carbonyl (C=O) groups excluding carboxylic acids is 2. The molecule has 2 rings (SSSR count). The van der Waals surface area contributed by atoms with Gasteiger partial charge in [-0.05, 0) is 18.6 Å². The minimum atomic E-state index is -0.143. The lowest BCUT2D eigenvalue weighted by atomic mass is 9.96. The predicted octanol–water partition coefficient (Wildman–Crippen LogP) is 3.87. The summed E-state index contributed by atoms with van der Waals surface area (Å²) in [5.74, 6) is -0.0566. The number of rotatable bonds is 7. The largest absolute Gasteiger partial charge is 0.358 e. The Labute approximate surface area is 137 Å². The lowest BCUT2D eigenvalue weighted by molar-refractivity contribution is 0.0937. The van der Waals surface area contributed by atoms with Crippen molar-refractivity contribution in [3.05, 3.63) is 47.7 Å². The Bertz CT molecular complexity index is 741. The van der Waals surface area contributed by atoms with E-state index in [1.807, 2.05) is 26.0 Å². The normalized spacial score (nSPS) is 11.0. The molecule has 2 N–H and O–H groups in total. The summed E-state index contributed by atoms with van der Waals surface area (Å²) in [6.45, 7) is 9.93. The van der Waals surface area contributed by atoms with Gasteiger partial charge in [-0.15, -0.1) is 6.58 Å². The quantitative estimate of drug-likeness (QED) is 0.602. The van der Waals surface area contributed by atoms with Crippen molar-refractivity contribution in [1.82, 2.24) is 10.3 Å². The van der Waals surface area contributed by atoms with Crippen LogP contribution in [0.5, 0.6) is 0 Å². The first-order chi connectivity index (χ1) is 11.0. The zero-order valence-corrected chi connectivity index (χ0v) is 14.0. The van der Waals surface area contributed by atoms with Gasteiger partial charge in [0.2, 0.25) is 0 Å². The molecule has 0 fully saturated rings. The van der Waals surface area contributed by atoms with Gasteiger partial charge in [0.1, 0.15) is 0 Å². The molecule has 1 aromatic carbocycles. The van der Waals surface area contributed by atoms with Crippen molar-refractivity contribution < 1.29 is 9.59 Å². The summed E-state index contributed by atoms with van der Waals surface area (Å²) >= 11 is 0. The molecule has 0 aliphatic carbocycles. The number of Topliss-reactive ketones (excluding diaryl/α,β-unsaturated/α-hetero) is 1. The molecule has 1 aromatic heterocycles. The average molecular weight is 312 g/mol. The Morgan fingerprint density at radius 3 is 2.70 bits per heavy atom. The van der Waals surface area contributed by atoms with Crippen LogP contribution in [-0.4, -0.2) is 23.2 Å². The number of aryl methyl sites for hydroxylation is 1. The fourth-order valence-corrected chi connectivity index (χ4v) is 2.67. The highest BCUT2D eigenvalue weighted by molar-refractivity contribution is 6.11. The number of amides is 1. The number of nitrogens with one attached hydrogen (secondary N) is 2. The summed E-state index contributed by atoms with van der Waals surface area (Å²) in [5, 5.41) is 3.66. The third-order valence-corrected chi connectivity index (χ3v) is 3.82. The lowest BCUT2D eigenvalue weighted by Gasteiger charge is -2.06. The number of aromatic amines is 1. The molecule has 0 radical (unpaired) electrons. The van der Waals surface area contributed by atoms with Crippen LogP contribution in [0, 0.1) is 5.92 Å². The lowest BCUT2D eigenvalue weighted by Crippen LogP contribution is -2.23. The molecule has 1 heterocycles. The molecule has 122 valence electrons. The van der Waals surface area contributed by atoms with E-state index in [-0.39, 0.29) is 17.6 Å². The number of hydrogen-bond acceptors (Lipinski definition) is 2. The summed E-state index contributed by atoms with van der Waals surface area (Å²) in [6, 6.07) is 5.44. The highest BCUT2D eigenvalue weighted by atomic mass is 16.1. The second-order valence-corrected chi connectivity index (χ2v) is 6.01. The van der Waals surface area contributed by atoms with Crippen molar-refractivity contribution in [2.45, 2.75) is 33.6 Å². The van der Waals surface area contributed by atoms with Crippen molar-refractivity contribution in [3.8, 4) is 0 Å². The van der Waals surface area contributed by atoms with Gasteiger partial charge in [-0.3, -0.25) is 9.59 Å². The van der Waals surface area contributed by atoms with Gasteiger partial charge < -0.3 is 10.3 Å². The Balaban J connectivity index is 2.50. The summed E-state index contributed by atoms with van der Waals surface area (Å²) in [5.41, 5.74) is 3.15. The Morgan fingerprint density at radius 1 is 1.35 bits per heavy atom. The first kappa shape index (κ1) is 17.0. The summed E-state index contributed by atoms with van der Waals surface area (Å²) < 4.78 is 0. The molecule has 0 bridgehead atoms. The van der Waals surface area contributed by atoms with Crippen LogP contribution in [0.1, 0.15) is 53.6 Å². The standard InChI is InChI=1S/C19H24N2O2/c1-5-7-15-17(18(22)12(3)4)14-9-8-13(11-16(14)21-15)19(23)20-10-6-2/h6,8-9,11-12,21H,2,5,7,10H2,1,3-4H3,(H,20,23). The topological polar surface area (TPSA) is 62.0 Å². The molecular weight excluding hydrogens is 288 g/mol. The van der Waals surface area contributed by atoms with Crippen LogP contribution in [-0.2, 0) is 6.42 Å². The number of fused-ring (bicyclic) bond motifs is 1. The Kier molecular flexibility index (Phi) is 5.37. The van der Waals surface area contributed by atoms with Crippen LogP contribution in [0.25, 0.3) is 10.9 Å². The zero-order chi connectivity index (χ0) is 17.0. The second kappa shape index (κ2) is 7.27. The molecule has 4 nitrogen and oxygen atoms in total. The Morgan fingerprint density at radius 2 is 2.09 bits per heavy atom. The molecular formula is C19H24N2O2. The first-order valence-electron chi connectivity index (χ1n) is 8.07. The molecule has 0 spiro atoms. The fraction of sp³-hybridized carbons (Fsp3) is 0.368. The number of carbonyl (C=O) groups is 2. The van der Waals surface area contributed by atoms with Crippen LogP contribution < -0.4 is 5.32 Å². The van der Waals surface area contributed by atoms with Crippen molar-refractivity contribution in [2.24, 2.45) is 5.92 Å². The molecule has 0 aliphatic rings. The van der Waals surface area contributed by atoms with E-state index in [0.717, 1.165) is 35.0 Å². The maximum Gasteiger partial charge on any atom is 0.251 e. The summed E-state index contributed by atoms with van der Waals surface area (Å²) in [6.07, 6.45) is 3.42. The van der Waals surface area contributed by atoms with Gasteiger partial charge in [0.05, 0.1) is 0 Å². The molecule has 2 aromatic rings. The molecule has 0 saturated heterocycles. The summed E-state index contributed by atoms with van der Waals surface area (Å²) in [4.78, 5) is 28.0. The zero-order valence-electron chi connectivity index (χ0n) is 14.0. The van der Waals surface area contributed by atoms with E-state index in [2.05, 4.69) is 23.8 Å². The van der Waals surface area contributed by atoms with Gasteiger partial charge in [0.25, 0.3) is 5.91 Å². The number of H-pyrrole nitrogens is 1. The van der Waals surface area contributed by atoms with Crippen LogP contribution in [0.4, 0.5) is 0 Å². The maximum atomic E-state index is 12.6. The monoisotopic (exact) mass is 312 g/mol. The van der Waals surface area contributed by atoms with Gasteiger partial charge in [0, 0.05) is 40.2 Å². The van der Waals surface area contributed by atoms with E-state index in [4.69, 9.17) is 0 Å². The molecule has 1 amide bonds. The molecule has 0 atom stereocenters. The third kappa shape index (κ3) is 3.52. The number of ketones is 1. The van der Waals surface area contributed by atoms with Crippen LogP contribution in [0.15, 0.2) is 30.9 Å². The fourth-order valence-electron chi connectivity index (χ4n) is 2.67. The second-order valence-electron chi connectivity index (χ2n) is 6.01. The third-order valence-electron chi connectivity index (χ3n) is 3.82. The van der Waals surface area contributed by atoms with Gasteiger partial charge in [0.15, 0.2) is 5.78 Å². The highest BCUT2D eigenvalue weighted by Crippen LogP contribution is 2.27. The van der Waals surface area contributed by atoms with E-state index >= 15 is 0 Å². The van der Waals surface area contributed by atoms with Gasteiger partial charge >= 0.3 is 0 Å². The predicted molar refractivity (Wildman–Crippen MR) is 94.0 cm³/mol. The molecule has 4 heteroatoms. The molecule has 0 saturated carbocycles. The van der Waals surface area contributed by atoms with Crippen LogP contribution in [0.2, 0.25) is 0 Å². The van der Waals surface area contributed by atoms with Gasteiger partial charge in [-0.1, -0.05) is 39.3 Å². The molecule has 23 heavy (non-hydrogen) atoms. The SMILES string of the molecule is C=CCNC(=O)c1ccc2c(C(=O)C(C)C)c(CCC)[nH]c2c1. The van der Waals surface area contributed by atoms with E-state index < -0.39 is 0 Å². The smallest absolute Gasteiger partial charge is 0.251 e. The Hall–Kier alpha value is -2.36. The molecule has 0 unspecified atom stereocenters. The van der Waals surface area contributed by atoms with Crippen molar-refractivity contribution >= 4 is 22.6 Å². The first-order valence-corrected chi connectivity index (χ1v) is 8.07. The van der Waals surface area contributed by atoms with Crippen LogP contribution in [0.3, 0.4) is 0 Å². The van der Waals surface area contributed by atoms with Crippen molar-refractivity contribution in [3.63, 3.8) is 0 Å². The number of benzene rings is 1. The highest BCUT2D eigenvalue weighted by Gasteiger charge is 2.21. The van der Waals surface area contributed by atoms with E-state index in [1.165, 1.54) is 0 Å². The van der Waals surface area contributed by atoms with Gasteiger partial charge in [-0.2, -0.15) is 0 Å². The minimum Gasteiger partial charge on any atom is -0.358 e. The average Bonchev–Trinajstić information content (AvgIpc) is 2.88. The van der Waals surface area contributed by atoms with E-state index in [0.29, 0.717) is 12.1 Å². The summed E-state index contributed by atoms with van der Waals surface area (Å²) in [7, 11) is 0.